The zero-order chi connectivity index (χ0) is 17.1. The summed E-state index contributed by atoms with van der Waals surface area (Å²) in [6.07, 6.45) is 0.896. The third kappa shape index (κ3) is 3.87. The second kappa shape index (κ2) is 7.21. The fourth-order valence-corrected chi connectivity index (χ4v) is 3.82. The zero-order valence-corrected chi connectivity index (χ0v) is 15.0. The Kier molecular flexibility index (Phi) is 5.04. The monoisotopic (exact) mass is 345 g/mol. The lowest BCUT2D eigenvalue weighted by Crippen LogP contribution is -2.51. The number of amides is 2. The molecule has 24 heavy (non-hydrogen) atoms. The van der Waals surface area contributed by atoms with E-state index >= 15 is 0 Å². The molecule has 128 valence electrons. The number of carbonyl (C=O) groups excluding carboxylic acids is 2. The Balaban J connectivity index is 1.50. The lowest BCUT2D eigenvalue weighted by atomic mass is 10.1. The first-order valence-electron chi connectivity index (χ1n) is 8.26. The van der Waals surface area contributed by atoms with Gasteiger partial charge < -0.3 is 14.8 Å². The number of hydrogen-bond donors (Lipinski definition) is 1. The molecule has 0 spiro atoms. The molecule has 0 aliphatic carbocycles. The minimum atomic E-state index is 0.141. The number of thiophene rings is 1. The molecule has 0 aromatic carbocycles. The van der Waals surface area contributed by atoms with Crippen LogP contribution in [0.2, 0.25) is 0 Å². The maximum absolute atomic E-state index is 12.5. The first-order chi connectivity index (χ1) is 11.5. The van der Waals surface area contributed by atoms with E-state index in [-0.39, 0.29) is 11.8 Å². The van der Waals surface area contributed by atoms with Gasteiger partial charge >= 0.3 is 0 Å². The number of H-pyrrole nitrogens is 1. The van der Waals surface area contributed by atoms with Crippen LogP contribution in [-0.4, -0.2) is 52.8 Å². The Morgan fingerprint density at radius 1 is 1.08 bits per heavy atom. The van der Waals surface area contributed by atoms with Gasteiger partial charge in [-0.25, -0.2) is 0 Å². The van der Waals surface area contributed by atoms with E-state index in [4.69, 9.17) is 0 Å². The fourth-order valence-electron chi connectivity index (χ4n) is 3.12. The zero-order valence-electron chi connectivity index (χ0n) is 14.2. The number of aromatic nitrogens is 1. The largest absolute Gasteiger partial charge is 0.362 e. The van der Waals surface area contributed by atoms with Crippen LogP contribution in [0.5, 0.6) is 0 Å². The number of hydrogen-bond acceptors (Lipinski definition) is 3. The standard InChI is InChI=1S/C18H23N3O2S/c1-13-10-15(14(2)19-13)11-17(22)20-5-7-21(8-6-20)18(23)12-16-4-3-9-24-16/h3-4,9-10,19H,5-8,11-12H2,1-2H3. The van der Waals surface area contributed by atoms with Gasteiger partial charge in [0.25, 0.3) is 0 Å². The van der Waals surface area contributed by atoms with E-state index in [9.17, 15) is 9.59 Å². The second-order valence-corrected chi connectivity index (χ2v) is 7.33. The molecule has 2 aromatic rings. The molecule has 1 N–H and O–H groups in total. The molecule has 1 aliphatic heterocycles. The quantitative estimate of drug-likeness (QED) is 0.923. The highest BCUT2D eigenvalue weighted by Gasteiger charge is 2.24. The molecule has 2 amide bonds. The molecule has 3 rings (SSSR count). The van der Waals surface area contributed by atoms with Crippen molar-refractivity contribution in [1.29, 1.82) is 0 Å². The predicted molar refractivity (Wildman–Crippen MR) is 95.2 cm³/mol. The van der Waals surface area contributed by atoms with Crippen molar-refractivity contribution in [3.05, 3.63) is 45.4 Å². The van der Waals surface area contributed by atoms with Gasteiger partial charge in [0, 0.05) is 42.4 Å². The third-order valence-electron chi connectivity index (χ3n) is 4.49. The summed E-state index contributed by atoms with van der Waals surface area (Å²) in [5, 5.41) is 1.99. The molecular weight excluding hydrogens is 322 g/mol. The number of aromatic amines is 1. The highest BCUT2D eigenvalue weighted by Crippen LogP contribution is 2.14. The molecule has 3 heterocycles. The van der Waals surface area contributed by atoms with Gasteiger partial charge in [-0.3, -0.25) is 9.59 Å². The molecule has 0 atom stereocenters. The van der Waals surface area contributed by atoms with Crippen molar-refractivity contribution in [3.8, 4) is 0 Å². The second-order valence-electron chi connectivity index (χ2n) is 6.30. The molecule has 0 bridgehead atoms. The lowest BCUT2D eigenvalue weighted by Gasteiger charge is -2.35. The molecule has 0 unspecified atom stereocenters. The Hall–Kier alpha value is -2.08. The van der Waals surface area contributed by atoms with E-state index in [1.165, 1.54) is 0 Å². The van der Waals surface area contributed by atoms with Gasteiger partial charge in [-0.05, 0) is 36.9 Å². The van der Waals surface area contributed by atoms with E-state index in [2.05, 4.69) is 4.98 Å². The van der Waals surface area contributed by atoms with Crippen LogP contribution in [0.25, 0.3) is 0 Å². The van der Waals surface area contributed by atoms with Crippen LogP contribution in [0, 0.1) is 13.8 Å². The topological polar surface area (TPSA) is 56.4 Å². The lowest BCUT2D eigenvalue weighted by molar-refractivity contribution is -0.138. The number of piperazine rings is 1. The molecule has 5 nitrogen and oxygen atoms in total. The van der Waals surface area contributed by atoms with E-state index in [0.29, 0.717) is 39.0 Å². The van der Waals surface area contributed by atoms with Crippen LogP contribution < -0.4 is 0 Å². The van der Waals surface area contributed by atoms with Crippen LogP contribution in [0.1, 0.15) is 21.8 Å². The number of rotatable bonds is 4. The van der Waals surface area contributed by atoms with Gasteiger partial charge in [0.2, 0.25) is 11.8 Å². The highest BCUT2D eigenvalue weighted by molar-refractivity contribution is 7.10. The van der Waals surface area contributed by atoms with Crippen LogP contribution in [0.3, 0.4) is 0 Å². The Bertz CT molecular complexity index is 713. The van der Waals surface area contributed by atoms with E-state index < -0.39 is 0 Å². The summed E-state index contributed by atoms with van der Waals surface area (Å²) < 4.78 is 0. The van der Waals surface area contributed by atoms with Crippen LogP contribution in [-0.2, 0) is 22.4 Å². The molecule has 1 fully saturated rings. The first-order valence-corrected chi connectivity index (χ1v) is 9.14. The van der Waals surface area contributed by atoms with Gasteiger partial charge in [0.1, 0.15) is 0 Å². The van der Waals surface area contributed by atoms with E-state index in [1.54, 1.807) is 11.3 Å². The highest BCUT2D eigenvalue weighted by atomic mass is 32.1. The average molecular weight is 345 g/mol. The number of nitrogens with zero attached hydrogens (tertiary/aromatic N) is 2. The summed E-state index contributed by atoms with van der Waals surface area (Å²) in [5.41, 5.74) is 3.21. The van der Waals surface area contributed by atoms with Crippen molar-refractivity contribution in [2.45, 2.75) is 26.7 Å². The van der Waals surface area contributed by atoms with E-state index in [1.807, 2.05) is 47.2 Å². The fraction of sp³-hybridized carbons (Fsp3) is 0.444. The summed E-state index contributed by atoms with van der Waals surface area (Å²) in [6.45, 7) is 6.49. The minimum Gasteiger partial charge on any atom is -0.362 e. The summed E-state index contributed by atoms with van der Waals surface area (Å²) in [5.74, 6) is 0.295. The normalized spacial score (nSPS) is 14.9. The first kappa shape index (κ1) is 16.8. The van der Waals surface area contributed by atoms with Crippen molar-refractivity contribution < 1.29 is 9.59 Å². The molecule has 6 heteroatoms. The predicted octanol–water partition coefficient (Wildman–Crippen LogP) is 2.15. The summed E-state index contributed by atoms with van der Waals surface area (Å²) >= 11 is 1.61. The SMILES string of the molecule is Cc1cc(CC(=O)N2CCN(C(=O)Cc3cccs3)CC2)c(C)[nH]1. The summed E-state index contributed by atoms with van der Waals surface area (Å²) in [4.78, 5) is 32.8. The van der Waals surface area contributed by atoms with Gasteiger partial charge in [-0.2, -0.15) is 0 Å². The number of aryl methyl sites for hydroxylation is 2. The van der Waals surface area contributed by atoms with Crippen LogP contribution >= 0.6 is 11.3 Å². The average Bonchev–Trinajstić information content (AvgIpc) is 3.17. The Labute approximate surface area is 146 Å². The molecular formula is C18H23N3O2S. The third-order valence-corrected chi connectivity index (χ3v) is 5.37. The maximum atomic E-state index is 12.5. The smallest absolute Gasteiger partial charge is 0.227 e. The van der Waals surface area contributed by atoms with Crippen molar-refractivity contribution in [3.63, 3.8) is 0 Å². The number of nitrogens with one attached hydrogen (secondary N) is 1. The molecule has 1 saturated heterocycles. The molecule has 1 aliphatic rings. The van der Waals surface area contributed by atoms with E-state index in [0.717, 1.165) is 21.8 Å². The minimum absolute atomic E-state index is 0.141. The molecule has 2 aromatic heterocycles. The van der Waals surface area contributed by atoms with Crippen LogP contribution in [0.4, 0.5) is 0 Å². The van der Waals surface area contributed by atoms with Gasteiger partial charge in [0.15, 0.2) is 0 Å². The van der Waals surface area contributed by atoms with Crippen molar-refractivity contribution in [2.24, 2.45) is 0 Å². The summed E-state index contributed by atoms with van der Waals surface area (Å²) in [7, 11) is 0. The molecule has 0 radical (unpaired) electrons. The van der Waals surface area contributed by atoms with Gasteiger partial charge in [0.05, 0.1) is 12.8 Å². The van der Waals surface area contributed by atoms with Crippen LogP contribution in [0.15, 0.2) is 23.6 Å². The Morgan fingerprint density at radius 3 is 2.21 bits per heavy atom. The van der Waals surface area contributed by atoms with Crippen molar-refractivity contribution >= 4 is 23.2 Å². The molecule has 0 saturated carbocycles. The van der Waals surface area contributed by atoms with Crippen molar-refractivity contribution in [2.75, 3.05) is 26.2 Å². The van der Waals surface area contributed by atoms with Crippen molar-refractivity contribution in [1.82, 2.24) is 14.8 Å². The Morgan fingerprint density at radius 2 is 1.71 bits per heavy atom. The van der Waals surface area contributed by atoms with Gasteiger partial charge in [-0.15, -0.1) is 11.3 Å². The maximum Gasteiger partial charge on any atom is 0.227 e. The van der Waals surface area contributed by atoms with Gasteiger partial charge in [-0.1, -0.05) is 6.07 Å². The number of carbonyl (C=O) groups is 2. The summed E-state index contributed by atoms with van der Waals surface area (Å²) in [6, 6.07) is 5.99.